The highest BCUT2D eigenvalue weighted by Crippen LogP contribution is 2.18. The van der Waals surface area contributed by atoms with Crippen LogP contribution in [0.4, 0.5) is 13.2 Å². The van der Waals surface area contributed by atoms with Gasteiger partial charge in [-0.1, -0.05) is 35.0 Å². The standard InChI is InChI=1S/C14H17BrF3NO/c1-2-7-19(10-14(16,17)18)8-6-13(20)11-4-3-5-12(15)9-11/h3-5,9H,2,6-8,10H2,1H3. The number of carbonyl (C=O) groups is 1. The third-order valence-electron chi connectivity index (χ3n) is 2.74. The number of nitrogens with zero attached hydrogens (tertiary/aromatic N) is 1. The first kappa shape index (κ1) is 17.2. The molecule has 1 aromatic carbocycles. The Kier molecular flexibility index (Phi) is 6.68. The summed E-state index contributed by atoms with van der Waals surface area (Å²) >= 11 is 3.26. The van der Waals surface area contributed by atoms with Gasteiger partial charge in [-0.25, -0.2) is 0 Å². The van der Waals surface area contributed by atoms with Crippen LogP contribution in [0.2, 0.25) is 0 Å². The Labute approximate surface area is 125 Å². The summed E-state index contributed by atoms with van der Waals surface area (Å²) in [5, 5.41) is 0. The molecule has 0 saturated heterocycles. The largest absolute Gasteiger partial charge is 0.401 e. The summed E-state index contributed by atoms with van der Waals surface area (Å²) in [5.41, 5.74) is 0.517. The summed E-state index contributed by atoms with van der Waals surface area (Å²) in [4.78, 5) is 13.2. The number of rotatable bonds is 7. The summed E-state index contributed by atoms with van der Waals surface area (Å²) in [5.74, 6) is -0.144. The van der Waals surface area contributed by atoms with Crippen LogP contribution in [-0.2, 0) is 0 Å². The molecule has 0 fully saturated rings. The minimum Gasteiger partial charge on any atom is -0.295 e. The highest BCUT2D eigenvalue weighted by atomic mass is 79.9. The zero-order valence-electron chi connectivity index (χ0n) is 11.2. The average Bonchev–Trinajstić information content (AvgIpc) is 2.34. The van der Waals surface area contributed by atoms with Crippen molar-refractivity contribution in [2.75, 3.05) is 19.6 Å². The number of hydrogen-bond donors (Lipinski definition) is 0. The van der Waals surface area contributed by atoms with E-state index in [0.717, 1.165) is 4.47 Å². The van der Waals surface area contributed by atoms with E-state index >= 15 is 0 Å². The molecule has 0 unspecified atom stereocenters. The van der Waals surface area contributed by atoms with E-state index in [1.165, 1.54) is 4.90 Å². The van der Waals surface area contributed by atoms with Gasteiger partial charge in [-0.05, 0) is 25.1 Å². The zero-order chi connectivity index (χ0) is 15.2. The van der Waals surface area contributed by atoms with Crippen LogP contribution in [0.3, 0.4) is 0 Å². The molecule has 0 aliphatic rings. The van der Waals surface area contributed by atoms with E-state index in [1.54, 1.807) is 24.3 Å². The van der Waals surface area contributed by atoms with Crippen molar-refractivity contribution in [2.45, 2.75) is 25.9 Å². The Morgan fingerprint density at radius 2 is 2.00 bits per heavy atom. The van der Waals surface area contributed by atoms with E-state index in [1.807, 2.05) is 6.92 Å². The van der Waals surface area contributed by atoms with Crippen LogP contribution in [-0.4, -0.2) is 36.5 Å². The molecule has 0 aromatic heterocycles. The van der Waals surface area contributed by atoms with Gasteiger partial charge < -0.3 is 0 Å². The topological polar surface area (TPSA) is 20.3 Å². The second kappa shape index (κ2) is 7.78. The maximum atomic E-state index is 12.4. The van der Waals surface area contributed by atoms with Crippen LogP contribution in [0.5, 0.6) is 0 Å². The fourth-order valence-electron chi connectivity index (χ4n) is 1.91. The van der Waals surface area contributed by atoms with Crippen LogP contribution < -0.4 is 0 Å². The van der Waals surface area contributed by atoms with Gasteiger partial charge in [-0.2, -0.15) is 13.2 Å². The number of alkyl halides is 3. The summed E-state index contributed by atoms with van der Waals surface area (Å²) in [7, 11) is 0. The van der Waals surface area contributed by atoms with Crippen molar-refractivity contribution in [3.05, 3.63) is 34.3 Å². The molecular formula is C14H17BrF3NO. The fraction of sp³-hybridized carbons (Fsp3) is 0.500. The van der Waals surface area contributed by atoms with Gasteiger partial charge in [0.15, 0.2) is 5.78 Å². The molecule has 0 bridgehead atoms. The van der Waals surface area contributed by atoms with Crippen LogP contribution in [0.1, 0.15) is 30.1 Å². The minimum absolute atomic E-state index is 0.0898. The lowest BCUT2D eigenvalue weighted by atomic mass is 10.1. The first-order valence-corrected chi connectivity index (χ1v) is 7.19. The molecule has 0 radical (unpaired) electrons. The Morgan fingerprint density at radius 1 is 1.30 bits per heavy atom. The monoisotopic (exact) mass is 351 g/mol. The summed E-state index contributed by atoms with van der Waals surface area (Å²) < 4.78 is 38.0. The maximum absolute atomic E-state index is 12.4. The maximum Gasteiger partial charge on any atom is 0.401 e. The van der Waals surface area contributed by atoms with E-state index in [-0.39, 0.29) is 18.7 Å². The van der Waals surface area contributed by atoms with Gasteiger partial charge in [0, 0.05) is 23.0 Å². The van der Waals surface area contributed by atoms with Crippen molar-refractivity contribution >= 4 is 21.7 Å². The SMILES string of the molecule is CCCN(CCC(=O)c1cccc(Br)c1)CC(F)(F)F. The number of hydrogen-bond acceptors (Lipinski definition) is 2. The lowest BCUT2D eigenvalue weighted by Gasteiger charge is -2.22. The molecule has 1 rings (SSSR count). The highest BCUT2D eigenvalue weighted by molar-refractivity contribution is 9.10. The molecule has 0 spiro atoms. The molecule has 0 atom stereocenters. The average molecular weight is 352 g/mol. The predicted molar refractivity (Wildman–Crippen MR) is 75.9 cm³/mol. The highest BCUT2D eigenvalue weighted by Gasteiger charge is 2.30. The van der Waals surface area contributed by atoms with Crippen molar-refractivity contribution in [1.29, 1.82) is 0 Å². The van der Waals surface area contributed by atoms with Crippen molar-refractivity contribution < 1.29 is 18.0 Å². The molecule has 0 N–H and O–H groups in total. The number of halogens is 4. The lowest BCUT2D eigenvalue weighted by Crippen LogP contribution is -2.36. The second-order valence-corrected chi connectivity index (χ2v) is 5.49. The molecule has 6 heteroatoms. The van der Waals surface area contributed by atoms with Crippen LogP contribution in [0.25, 0.3) is 0 Å². The molecule has 0 aliphatic carbocycles. The molecule has 0 aliphatic heterocycles. The minimum atomic E-state index is -4.23. The fourth-order valence-corrected chi connectivity index (χ4v) is 2.30. The number of carbonyl (C=O) groups excluding carboxylic acids is 1. The van der Waals surface area contributed by atoms with E-state index in [0.29, 0.717) is 18.5 Å². The summed E-state index contributed by atoms with van der Waals surface area (Å²) in [6.45, 7) is 1.32. The van der Waals surface area contributed by atoms with Crippen LogP contribution >= 0.6 is 15.9 Å². The Hall–Kier alpha value is -0.880. The number of ketones is 1. The first-order chi connectivity index (χ1) is 9.31. The Bertz CT molecular complexity index is 448. The number of Topliss-reactive ketones (excluding diaryl/α,β-unsaturated/α-hetero) is 1. The quantitative estimate of drug-likeness (QED) is 0.682. The third kappa shape index (κ3) is 6.52. The van der Waals surface area contributed by atoms with Gasteiger partial charge in [-0.15, -0.1) is 0 Å². The van der Waals surface area contributed by atoms with Crippen molar-refractivity contribution in [2.24, 2.45) is 0 Å². The van der Waals surface area contributed by atoms with Crippen LogP contribution in [0, 0.1) is 0 Å². The Balaban J connectivity index is 2.56. The molecule has 1 aromatic rings. The van der Waals surface area contributed by atoms with Gasteiger partial charge in [0.25, 0.3) is 0 Å². The first-order valence-electron chi connectivity index (χ1n) is 6.39. The predicted octanol–water partition coefficient (Wildman–Crippen LogP) is 4.30. The molecule has 0 amide bonds. The van der Waals surface area contributed by atoms with Gasteiger partial charge in [0.1, 0.15) is 0 Å². The van der Waals surface area contributed by atoms with Gasteiger partial charge in [0.05, 0.1) is 6.54 Å². The van der Waals surface area contributed by atoms with E-state index < -0.39 is 12.7 Å². The Morgan fingerprint density at radius 3 is 2.55 bits per heavy atom. The molecule has 0 heterocycles. The smallest absolute Gasteiger partial charge is 0.295 e. The van der Waals surface area contributed by atoms with Crippen molar-refractivity contribution in [3.63, 3.8) is 0 Å². The third-order valence-corrected chi connectivity index (χ3v) is 3.24. The lowest BCUT2D eigenvalue weighted by molar-refractivity contribution is -0.145. The zero-order valence-corrected chi connectivity index (χ0v) is 12.8. The summed E-state index contributed by atoms with van der Waals surface area (Å²) in [6, 6.07) is 6.87. The number of benzene rings is 1. The van der Waals surface area contributed by atoms with Crippen LogP contribution in [0.15, 0.2) is 28.7 Å². The van der Waals surface area contributed by atoms with E-state index in [2.05, 4.69) is 15.9 Å². The van der Waals surface area contributed by atoms with E-state index in [9.17, 15) is 18.0 Å². The molecule has 2 nitrogen and oxygen atoms in total. The van der Waals surface area contributed by atoms with Gasteiger partial charge in [0.2, 0.25) is 0 Å². The summed E-state index contributed by atoms with van der Waals surface area (Å²) in [6.07, 6.45) is -3.51. The van der Waals surface area contributed by atoms with Crippen molar-refractivity contribution in [1.82, 2.24) is 4.90 Å². The second-order valence-electron chi connectivity index (χ2n) is 4.57. The molecule has 20 heavy (non-hydrogen) atoms. The molecule has 0 saturated carbocycles. The van der Waals surface area contributed by atoms with Gasteiger partial charge in [-0.3, -0.25) is 9.69 Å². The van der Waals surface area contributed by atoms with Crippen molar-refractivity contribution in [3.8, 4) is 0 Å². The van der Waals surface area contributed by atoms with E-state index in [4.69, 9.17) is 0 Å². The molecular weight excluding hydrogens is 335 g/mol. The van der Waals surface area contributed by atoms with Gasteiger partial charge >= 0.3 is 6.18 Å². The molecule has 112 valence electrons. The normalized spacial score (nSPS) is 11.9.